The molecule has 0 nitrogen and oxygen atoms in total. The molecule has 0 aliphatic heterocycles. The molecule has 0 bridgehead atoms. The summed E-state index contributed by atoms with van der Waals surface area (Å²) < 4.78 is 0. The molecule has 0 aromatic heterocycles. The van der Waals surface area contributed by atoms with E-state index in [9.17, 15) is 0 Å². The Balaban J connectivity index is 1.75. The Hall–Kier alpha value is -3.42. The standard InChI is InChI=1S/C32H28Si/c1-23-21-25-13-9-11-19-29(25)31(23)33(27-15-5-3-6-16-27,28-17-7-4-8-18-28)32-24(2)22-26-14-10-12-20-30(26)32/h3-22,31-32H,1-2H3. The average molecular weight is 441 g/mol. The lowest BCUT2D eigenvalue weighted by Gasteiger charge is -2.45. The van der Waals surface area contributed by atoms with Gasteiger partial charge in [0.15, 0.2) is 0 Å². The van der Waals surface area contributed by atoms with Gasteiger partial charge in [-0.1, -0.05) is 143 Å². The van der Waals surface area contributed by atoms with Crippen LogP contribution in [0.15, 0.2) is 120 Å². The Kier molecular flexibility index (Phi) is 4.81. The molecule has 2 aliphatic carbocycles. The van der Waals surface area contributed by atoms with Crippen LogP contribution in [0, 0.1) is 0 Å². The summed E-state index contributed by atoms with van der Waals surface area (Å²) in [6.07, 6.45) is 4.88. The minimum absolute atomic E-state index is 0.387. The summed E-state index contributed by atoms with van der Waals surface area (Å²) in [5.74, 6) is 0. The zero-order valence-corrected chi connectivity index (χ0v) is 20.2. The van der Waals surface area contributed by atoms with E-state index in [0.29, 0.717) is 11.1 Å². The van der Waals surface area contributed by atoms with Gasteiger partial charge in [0.25, 0.3) is 0 Å². The molecule has 160 valence electrons. The van der Waals surface area contributed by atoms with Gasteiger partial charge in [0, 0.05) is 11.1 Å². The monoisotopic (exact) mass is 440 g/mol. The number of hydrogen-bond donors (Lipinski definition) is 0. The number of rotatable bonds is 4. The number of allylic oxidation sites excluding steroid dienone is 2. The molecule has 0 radical (unpaired) electrons. The van der Waals surface area contributed by atoms with Gasteiger partial charge in [0.05, 0.1) is 0 Å². The average Bonchev–Trinajstić information content (AvgIpc) is 3.38. The predicted octanol–water partition coefficient (Wildman–Crippen LogP) is 6.73. The molecule has 4 aromatic carbocycles. The van der Waals surface area contributed by atoms with E-state index in [4.69, 9.17) is 0 Å². The highest BCUT2D eigenvalue weighted by Crippen LogP contribution is 2.51. The minimum atomic E-state index is -2.45. The number of fused-ring (bicyclic) bond motifs is 2. The minimum Gasteiger partial charge on any atom is -0.0672 e. The third-order valence-electron chi connectivity index (χ3n) is 7.70. The van der Waals surface area contributed by atoms with E-state index >= 15 is 0 Å². The van der Waals surface area contributed by atoms with Gasteiger partial charge in [-0.25, -0.2) is 0 Å². The lowest BCUT2D eigenvalue weighted by molar-refractivity contribution is 0.991. The van der Waals surface area contributed by atoms with Crippen LogP contribution in [0.1, 0.15) is 47.2 Å². The molecule has 0 amide bonds. The Labute approximate surface area is 198 Å². The van der Waals surface area contributed by atoms with Gasteiger partial charge in [-0.2, -0.15) is 0 Å². The summed E-state index contributed by atoms with van der Waals surface area (Å²) >= 11 is 0. The van der Waals surface area contributed by atoms with Crippen molar-refractivity contribution in [2.75, 3.05) is 0 Å². The van der Waals surface area contributed by atoms with Crippen molar-refractivity contribution in [3.8, 4) is 0 Å². The highest BCUT2D eigenvalue weighted by atomic mass is 28.3. The fraction of sp³-hybridized carbons (Fsp3) is 0.125. The summed E-state index contributed by atoms with van der Waals surface area (Å²) in [6.45, 7) is 4.72. The van der Waals surface area contributed by atoms with E-state index in [1.165, 1.54) is 43.8 Å². The molecule has 1 heteroatoms. The van der Waals surface area contributed by atoms with E-state index in [1.54, 1.807) is 0 Å². The van der Waals surface area contributed by atoms with Crippen LogP contribution in [0.25, 0.3) is 12.2 Å². The van der Waals surface area contributed by atoms with Crippen molar-refractivity contribution in [3.05, 3.63) is 143 Å². The second-order valence-electron chi connectivity index (χ2n) is 9.50. The molecule has 0 saturated heterocycles. The molecule has 0 saturated carbocycles. The van der Waals surface area contributed by atoms with Gasteiger partial charge in [0.1, 0.15) is 8.07 Å². The zero-order valence-electron chi connectivity index (χ0n) is 19.2. The van der Waals surface area contributed by atoms with Crippen molar-refractivity contribution in [2.45, 2.75) is 24.9 Å². The maximum Gasteiger partial charge on any atom is 0.140 e. The number of hydrogen-bond acceptors (Lipinski definition) is 0. The summed E-state index contributed by atoms with van der Waals surface area (Å²) in [5, 5.41) is 3.03. The molecule has 2 unspecified atom stereocenters. The fourth-order valence-electron chi connectivity index (χ4n) is 6.59. The second kappa shape index (κ2) is 7.86. The van der Waals surface area contributed by atoms with Crippen molar-refractivity contribution in [1.82, 2.24) is 0 Å². The zero-order chi connectivity index (χ0) is 22.4. The lowest BCUT2D eigenvalue weighted by atomic mass is 10.1. The van der Waals surface area contributed by atoms with Gasteiger partial charge in [-0.05, 0) is 36.1 Å². The van der Waals surface area contributed by atoms with Crippen molar-refractivity contribution in [3.63, 3.8) is 0 Å². The molecule has 0 fully saturated rings. The summed E-state index contributed by atoms with van der Waals surface area (Å²) in [4.78, 5) is 0. The van der Waals surface area contributed by atoms with Crippen LogP contribution < -0.4 is 10.4 Å². The molecular weight excluding hydrogens is 412 g/mol. The van der Waals surface area contributed by atoms with Crippen LogP contribution in [-0.4, -0.2) is 8.07 Å². The van der Waals surface area contributed by atoms with Crippen molar-refractivity contribution in [1.29, 1.82) is 0 Å². The first kappa shape index (κ1) is 20.2. The normalized spacial score (nSPS) is 19.0. The summed E-state index contributed by atoms with van der Waals surface area (Å²) in [5.41, 5.74) is 9.52. The third-order valence-corrected chi connectivity index (χ3v) is 13.6. The van der Waals surface area contributed by atoms with Crippen molar-refractivity contribution < 1.29 is 0 Å². The summed E-state index contributed by atoms with van der Waals surface area (Å²) in [7, 11) is -2.45. The first-order valence-corrected chi connectivity index (χ1v) is 14.0. The Morgan fingerprint density at radius 1 is 0.455 bits per heavy atom. The SMILES string of the molecule is CC1=Cc2ccccc2C1[Si](c1ccccc1)(c1ccccc1)C1C(C)=Cc2ccccc21. The van der Waals surface area contributed by atoms with E-state index in [2.05, 4.69) is 135 Å². The quantitative estimate of drug-likeness (QED) is 0.309. The summed E-state index contributed by atoms with van der Waals surface area (Å²) in [6, 6.07) is 41.0. The molecule has 6 rings (SSSR count). The molecule has 2 atom stereocenters. The molecule has 0 spiro atoms. The molecule has 4 aromatic rings. The molecule has 0 heterocycles. The Morgan fingerprint density at radius 2 is 0.818 bits per heavy atom. The van der Waals surface area contributed by atoms with E-state index in [-0.39, 0.29) is 0 Å². The molecule has 33 heavy (non-hydrogen) atoms. The first-order chi connectivity index (χ1) is 16.2. The van der Waals surface area contributed by atoms with Crippen LogP contribution in [0.4, 0.5) is 0 Å². The smallest absolute Gasteiger partial charge is 0.0672 e. The van der Waals surface area contributed by atoms with Crippen LogP contribution in [0.3, 0.4) is 0 Å². The van der Waals surface area contributed by atoms with Crippen LogP contribution >= 0.6 is 0 Å². The van der Waals surface area contributed by atoms with Crippen molar-refractivity contribution in [2.24, 2.45) is 0 Å². The van der Waals surface area contributed by atoms with Gasteiger partial charge in [-0.3, -0.25) is 0 Å². The van der Waals surface area contributed by atoms with Gasteiger partial charge >= 0.3 is 0 Å². The fourth-order valence-corrected chi connectivity index (χ4v) is 13.2. The highest BCUT2D eigenvalue weighted by molar-refractivity contribution is 7.05. The molecule has 0 N–H and O–H groups in total. The topological polar surface area (TPSA) is 0 Å². The first-order valence-electron chi connectivity index (χ1n) is 11.9. The van der Waals surface area contributed by atoms with Crippen molar-refractivity contribution >= 4 is 30.6 Å². The van der Waals surface area contributed by atoms with Crippen LogP contribution in [-0.2, 0) is 0 Å². The number of benzene rings is 4. The highest BCUT2D eigenvalue weighted by Gasteiger charge is 2.55. The third kappa shape index (κ3) is 2.96. The lowest BCUT2D eigenvalue weighted by Crippen LogP contribution is -2.67. The van der Waals surface area contributed by atoms with E-state index in [0.717, 1.165) is 0 Å². The van der Waals surface area contributed by atoms with Gasteiger partial charge < -0.3 is 0 Å². The molecule has 2 aliphatic rings. The Bertz CT molecular complexity index is 1270. The van der Waals surface area contributed by atoms with E-state index < -0.39 is 8.07 Å². The van der Waals surface area contributed by atoms with Gasteiger partial charge in [0.2, 0.25) is 0 Å². The predicted molar refractivity (Wildman–Crippen MR) is 144 cm³/mol. The van der Waals surface area contributed by atoms with Crippen LogP contribution in [0.5, 0.6) is 0 Å². The molecular formula is C32H28Si. The van der Waals surface area contributed by atoms with Crippen LogP contribution in [0.2, 0.25) is 0 Å². The Morgan fingerprint density at radius 3 is 1.24 bits per heavy atom. The maximum absolute atomic E-state index is 2.45. The van der Waals surface area contributed by atoms with Gasteiger partial charge in [-0.15, -0.1) is 0 Å². The maximum atomic E-state index is 2.44. The largest absolute Gasteiger partial charge is 0.140 e. The second-order valence-corrected chi connectivity index (χ2v) is 13.5. The van der Waals surface area contributed by atoms with E-state index in [1.807, 2.05) is 0 Å².